The number of aromatic nitrogens is 2. The predicted octanol–water partition coefficient (Wildman–Crippen LogP) is 10.9. The van der Waals surface area contributed by atoms with Gasteiger partial charge in [-0.25, -0.2) is 0 Å². The molecule has 4 rings (SSSR count). The fourth-order valence-electron chi connectivity index (χ4n) is 5.84. The number of pyridine rings is 2. The molecule has 0 amide bonds. The molecular formula is C45H66N2O7Si2. The van der Waals surface area contributed by atoms with Crippen molar-refractivity contribution in [2.45, 2.75) is 122 Å². The van der Waals surface area contributed by atoms with Crippen molar-refractivity contribution in [1.29, 1.82) is 0 Å². The first kappa shape index (κ1) is 45.3. The highest BCUT2D eigenvalue weighted by Crippen LogP contribution is 2.42. The molecule has 0 saturated heterocycles. The molecule has 2 aromatic heterocycles. The first-order valence-electron chi connectivity index (χ1n) is 19.7. The van der Waals surface area contributed by atoms with Gasteiger partial charge in [-0.05, 0) is 97.3 Å². The summed E-state index contributed by atoms with van der Waals surface area (Å²) >= 11 is 0. The smallest absolute Gasteiger partial charge is 0.192 e. The van der Waals surface area contributed by atoms with Crippen LogP contribution in [0.25, 0.3) is 0 Å². The van der Waals surface area contributed by atoms with Crippen molar-refractivity contribution in [1.82, 2.24) is 9.97 Å². The number of benzene rings is 2. The zero-order valence-corrected chi connectivity index (χ0v) is 37.8. The Balaban J connectivity index is 1.67. The van der Waals surface area contributed by atoms with Crippen LogP contribution in [0.1, 0.15) is 107 Å². The first-order chi connectivity index (χ1) is 26.4. The molecule has 306 valence electrons. The van der Waals surface area contributed by atoms with Crippen molar-refractivity contribution >= 4 is 16.6 Å². The highest BCUT2D eigenvalue weighted by Gasteiger charge is 2.40. The van der Waals surface area contributed by atoms with Gasteiger partial charge in [0, 0.05) is 25.6 Å². The Morgan fingerprint density at radius 1 is 0.554 bits per heavy atom. The largest absolute Gasteiger partial charge is 0.466 e. The van der Waals surface area contributed by atoms with Gasteiger partial charge in [-0.3, -0.25) is 9.97 Å². The number of methoxy groups -OCH3 is 2. The lowest BCUT2D eigenvalue weighted by Crippen LogP contribution is -2.42. The number of rotatable bonds is 20. The molecular weight excluding hydrogens is 737 g/mol. The van der Waals surface area contributed by atoms with E-state index in [0.717, 1.165) is 22.5 Å². The van der Waals surface area contributed by atoms with Gasteiger partial charge in [-0.1, -0.05) is 102 Å². The van der Waals surface area contributed by atoms with Crippen molar-refractivity contribution in [3.05, 3.63) is 119 Å². The Hall–Kier alpha value is -3.43. The second-order valence-electron chi connectivity index (χ2n) is 17.5. The molecule has 0 radical (unpaired) electrons. The molecule has 0 fully saturated rings. The van der Waals surface area contributed by atoms with Gasteiger partial charge in [0.15, 0.2) is 30.2 Å². The summed E-state index contributed by atoms with van der Waals surface area (Å²) in [6.07, 6.45) is 1.19. The Bertz CT molecular complexity index is 1660. The van der Waals surface area contributed by atoms with E-state index in [4.69, 9.17) is 37.8 Å². The van der Waals surface area contributed by atoms with Crippen LogP contribution in [0.4, 0.5) is 0 Å². The summed E-state index contributed by atoms with van der Waals surface area (Å²) in [5.41, 5.74) is 4.54. The highest BCUT2D eigenvalue weighted by molar-refractivity contribution is 6.74. The van der Waals surface area contributed by atoms with E-state index in [1.807, 2.05) is 36.4 Å². The molecule has 0 aliphatic heterocycles. The molecule has 9 nitrogen and oxygen atoms in total. The number of nitrogens with zero attached hydrogens (tertiary/aromatic N) is 2. The third kappa shape index (κ3) is 12.3. The van der Waals surface area contributed by atoms with Gasteiger partial charge in [0.2, 0.25) is 0 Å². The number of aliphatic hydroxyl groups is 1. The fraction of sp³-hybridized carbons (Fsp3) is 0.511. The number of hydrogen-bond donors (Lipinski definition) is 1. The minimum atomic E-state index is -2.10. The lowest BCUT2D eigenvalue weighted by atomic mass is 10.0. The monoisotopic (exact) mass is 802 g/mol. The van der Waals surface area contributed by atoms with Crippen LogP contribution in [0.5, 0.6) is 11.5 Å². The van der Waals surface area contributed by atoms with Crippen molar-refractivity contribution in [2.75, 3.05) is 27.8 Å². The van der Waals surface area contributed by atoms with Gasteiger partial charge in [0.25, 0.3) is 0 Å². The van der Waals surface area contributed by atoms with E-state index in [1.165, 1.54) is 0 Å². The standard InChI is InChI=1S/C45H66N2O7Si2/c1-44(2,3)55(9,10)53-37(33-19-15-13-16-20-33)27-23-35-25-29-39(51-31-49-7)41(46-35)43(48)42-40(52-32-50-8)30-26-36(47-42)24-28-38(34-21-17-14-18-22-34)54-56(11,12)45(4,5)6/h13-22,25-26,29-30,37-38,43,48H,23-24,27-28,31-32H2,1-12H3. The Labute approximate surface area is 338 Å². The third-order valence-electron chi connectivity index (χ3n) is 11.2. The Morgan fingerprint density at radius 2 is 0.911 bits per heavy atom. The number of aryl methyl sites for hydroxylation is 2. The van der Waals surface area contributed by atoms with E-state index in [2.05, 4.69) is 116 Å². The summed E-state index contributed by atoms with van der Waals surface area (Å²) in [4.78, 5) is 10.0. The predicted molar refractivity (Wildman–Crippen MR) is 229 cm³/mol. The summed E-state index contributed by atoms with van der Waals surface area (Å²) in [6.45, 7) is 22.7. The molecule has 2 heterocycles. The summed E-state index contributed by atoms with van der Waals surface area (Å²) < 4.78 is 36.4. The van der Waals surface area contributed by atoms with E-state index in [9.17, 15) is 5.11 Å². The lowest BCUT2D eigenvalue weighted by Gasteiger charge is -2.39. The molecule has 11 heteroatoms. The van der Waals surface area contributed by atoms with Crippen LogP contribution in [0.2, 0.25) is 36.3 Å². The van der Waals surface area contributed by atoms with E-state index >= 15 is 0 Å². The Kier molecular flexibility index (Phi) is 16.0. The van der Waals surface area contributed by atoms with E-state index in [0.29, 0.717) is 48.6 Å². The van der Waals surface area contributed by atoms with Crippen LogP contribution >= 0.6 is 0 Å². The molecule has 2 unspecified atom stereocenters. The molecule has 0 aliphatic rings. The zero-order valence-electron chi connectivity index (χ0n) is 35.8. The first-order valence-corrected chi connectivity index (χ1v) is 25.5. The second-order valence-corrected chi connectivity index (χ2v) is 27.0. The minimum Gasteiger partial charge on any atom is -0.466 e. The Morgan fingerprint density at radius 3 is 1.23 bits per heavy atom. The van der Waals surface area contributed by atoms with Crippen LogP contribution in [-0.4, -0.2) is 59.5 Å². The van der Waals surface area contributed by atoms with Gasteiger partial charge in [0.05, 0.1) is 12.2 Å². The quantitative estimate of drug-likeness (QED) is 0.0691. The maximum atomic E-state index is 12.2. The van der Waals surface area contributed by atoms with Gasteiger partial charge < -0.3 is 32.9 Å². The minimum absolute atomic E-state index is 0.00716. The van der Waals surface area contributed by atoms with Crippen LogP contribution < -0.4 is 9.47 Å². The molecule has 56 heavy (non-hydrogen) atoms. The summed E-state index contributed by atoms with van der Waals surface area (Å²) in [7, 11) is -1.07. The summed E-state index contributed by atoms with van der Waals surface area (Å²) in [6, 6.07) is 28.4. The fourth-order valence-corrected chi connectivity index (χ4v) is 8.48. The SMILES string of the molecule is COCOc1ccc(CCC(O[Si](C)(C)C(C)(C)C)c2ccccc2)nc1C(O)c1nc(CCC(O[Si](C)(C)C(C)(C)C)c2ccccc2)ccc1OCOC. The molecule has 4 aromatic rings. The summed E-state index contributed by atoms with van der Waals surface area (Å²) in [5.74, 6) is 0.800. The molecule has 2 atom stereocenters. The highest BCUT2D eigenvalue weighted by atomic mass is 28.4. The van der Waals surface area contributed by atoms with Crippen LogP contribution in [0, 0.1) is 0 Å². The van der Waals surface area contributed by atoms with Gasteiger partial charge in [-0.2, -0.15) is 0 Å². The second kappa shape index (κ2) is 19.8. The van der Waals surface area contributed by atoms with Crippen LogP contribution in [0.3, 0.4) is 0 Å². The number of hydrogen-bond acceptors (Lipinski definition) is 9. The van der Waals surface area contributed by atoms with Crippen molar-refractivity contribution in [3.63, 3.8) is 0 Å². The van der Waals surface area contributed by atoms with Crippen molar-refractivity contribution in [3.8, 4) is 11.5 Å². The maximum absolute atomic E-state index is 12.2. The van der Waals surface area contributed by atoms with Gasteiger partial charge in [-0.15, -0.1) is 0 Å². The molecule has 0 bridgehead atoms. The average molecular weight is 803 g/mol. The van der Waals surface area contributed by atoms with Crippen molar-refractivity contribution < 1.29 is 32.9 Å². The molecule has 1 N–H and O–H groups in total. The maximum Gasteiger partial charge on any atom is 0.192 e. The topological polar surface area (TPSA) is 101 Å². The van der Waals surface area contributed by atoms with E-state index < -0.39 is 22.7 Å². The lowest BCUT2D eigenvalue weighted by molar-refractivity contribution is 0.0453. The zero-order chi connectivity index (χ0) is 41.1. The van der Waals surface area contributed by atoms with E-state index in [1.54, 1.807) is 14.2 Å². The number of aliphatic hydroxyl groups excluding tert-OH is 1. The number of ether oxygens (including phenoxy) is 4. The summed E-state index contributed by atoms with van der Waals surface area (Å²) in [5, 5.41) is 12.3. The molecule has 0 aliphatic carbocycles. The molecule has 0 saturated carbocycles. The van der Waals surface area contributed by atoms with Gasteiger partial charge >= 0.3 is 0 Å². The third-order valence-corrected chi connectivity index (χ3v) is 20.2. The molecule has 2 aromatic carbocycles. The van der Waals surface area contributed by atoms with Crippen molar-refractivity contribution in [2.24, 2.45) is 0 Å². The average Bonchev–Trinajstić information content (AvgIpc) is 3.16. The van der Waals surface area contributed by atoms with Gasteiger partial charge in [0.1, 0.15) is 29.0 Å². The molecule has 0 spiro atoms. The van der Waals surface area contributed by atoms with Crippen LogP contribution in [-0.2, 0) is 31.2 Å². The normalized spacial score (nSPS) is 14.3. The van der Waals surface area contributed by atoms with Crippen LogP contribution in [0.15, 0.2) is 84.9 Å². The van der Waals surface area contributed by atoms with E-state index in [-0.39, 0.29) is 35.9 Å².